The van der Waals surface area contributed by atoms with E-state index < -0.39 is 6.10 Å². The lowest BCUT2D eigenvalue weighted by Crippen LogP contribution is -2.02. The molecule has 0 aliphatic rings. The molecule has 20 heavy (non-hydrogen) atoms. The van der Waals surface area contributed by atoms with Crippen LogP contribution >= 0.6 is 23.2 Å². The summed E-state index contributed by atoms with van der Waals surface area (Å²) in [7, 11) is 3.11. The van der Waals surface area contributed by atoms with E-state index in [-0.39, 0.29) is 0 Å². The average molecular weight is 313 g/mol. The largest absolute Gasteiger partial charge is 0.497 e. The Balaban J connectivity index is 2.47. The molecule has 1 unspecified atom stereocenters. The number of methoxy groups -OCH3 is 2. The molecule has 106 valence electrons. The molecule has 0 aromatic heterocycles. The number of aliphatic hydroxyl groups excluding tert-OH is 1. The summed E-state index contributed by atoms with van der Waals surface area (Å²) in [6, 6.07) is 10.3. The monoisotopic (exact) mass is 312 g/mol. The fraction of sp³-hybridized carbons (Fsp3) is 0.200. The lowest BCUT2D eigenvalue weighted by Gasteiger charge is -2.16. The van der Waals surface area contributed by atoms with Crippen LogP contribution in [0.15, 0.2) is 36.4 Å². The Labute approximate surface area is 127 Å². The minimum absolute atomic E-state index is 0.337. The Morgan fingerprint density at radius 2 is 1.60 bits per heavy atom. The highest BCUT2D eigenvalue weighted by molar-refractivity contribution is 6.42. The van der Waals surface area contributed by atoms with Crippen molar-refractivity contribution < 1.29 is 14.6 Å². The smallest absolute Gasteiger partial charge is 0.122 e. The van der Waals surface area contributed by atoms with Gasteiger partial charge in [-0.2, -0.15) is 0 Å². The molecule has 2 aromatic carbocycles. The van der Waals surface area contributed by atoms with Gasteiger partial charge in [0.05, 0.1) is 24.3 Å². The Morgan fingerprint density at radius 1 is 1.00 bits per heavy atom. The van der Waals surface area contributed by atoms with Crippen LogP contribution < -0.4 is 9.47 Å². The topological polar surface area (TPSA) is 38.7 Å². The van der Waals surface area contributed by atoms with Gasteiger partial charge in [-0.15, -0.1) is 0 Å². The summed E-state index contributed by atoms with van der Waals surface area (Å²) < 4.78 is 10.4. The molecule has 0 radical (unpaired) electrons. The fourth-order valence-corrected chi connectivity index (χ4v) is 2.31. The van der Waals surface area contributed by atoms with E-state index in [1.54, 1.807) is 50.6 Å². The molecule has 0 saturated heterocycles. The zero-order valence-corrected chi connectivity index (χ0v) is 12.6. The molecule has 0 saturated carbocycles. The van der Waals surface area contributed by atoms with Crippen LogP contribution in [0.3, 0.4) is 0 Å². The number of benzene rings is 2. The Morgan fingerprint density at radius 3 is 2.15 bits per heavy atom. The summed E-state index contributed by atoms with van der Waals surface area (Å²) >= 11 is 12.1. The zero-order valence-electron chi connectivity index (χ0n) is 11.1. The number of halogens is 2. The van der Waals surface area contributed by atoms with E-state index in [0.29, 0.717) is 32.7 Å². The summed E-state index contributed by atoms with van der Waals surface area (Å²) in [5, 5.41) is 11.2. The third-order valence-electron chi connectivity index (χ3n) is 2.97. The summed E-state index contributed by atoms with van der Waals surface area (Å²) in [5.41, 5.74) is 1.15. The van der Waals surface area contributed by atoms with E-state index in [9.17, 15) is 5.11 Å². The number of hydrogen-bond donors (Lipinski definition) is 1. The first-order valence-electron chi connectivity index (χ1n) is 5.91. The van der Waals surface area contributed by atoms with Crippen LogP contribution in [-0.4, -0.2) is 19.3 Å². The van der Waals surface area contributed by atoms with Crippen LogP contribution in [0.1, 0.15) is 17.2 Å². The molecule has 2 aromatic rings. The fourth-order valence-electron chi connectivity index (χ4n) is 1.90. The van der Waals surface area contributed by atoms with Crippen LogP contribution in [0.5, 0.6) is 11.5 Å². The lowest BCUT2D eigenvalue weighted by molar-refractivity contribution is 0.219. The molecular formula is C15H14Cl2O3. The Kier molecular flexibility index (Phi) is 4.76. The van der Waals surface area contributed by atoms with Crippen molar-refractivity contribution in [3.63, 3.8) is 0 Å². The second-order valence-corrected chi connectivity index (χ2v) is 4.98. The number of aliphatic hydroxyl groups is 1. The summed E-state index contributed by atoms with van der Waals surface area (Å²) in [4.78, 5) is 0. The van der Waals surface area contributed by atoms with Gasteiger partial charge in [0.1, 0.15) is 17.6 Å². The van der Waals surface area contributed by atoms with Gasteiger partial charge in [0, 0.05) is 11.6 Å². The average Bonchev–Trinajstić information content (AvgIpc) is 2.48. The van der Waals surface area contributed by atoms with Gasteiger partial charge in [0.15, 0.2) is 0 Å². The maximum atomic E-state index is 10.5. The standard InChI is InChI=1S/C15H14Cl2O3/c1-19-10-6-9(7-11(8-10)20-2)15(18)12-4-3-5-13(16)14(12)17/h3-8,15,18H,1-2H3. The van der Waals surface area contributed by atoms with Crippen LogP contribution in [-0.2, 0) is 0 Å². The second-order valence-electron chi connectivity index (χ2n) is 4.19. The SMILES string of the molecule is COc1cc(OC)cc(C(O)c2cccc(Cl)c2Cl)c1. The quantitative estimate of drug-likeness (QED) is 0.924. The number of ether oxygens (including phenoxy) is 2. The zero-order chi connectivity index (χ0) is 14.7. The highest BCUT2D eigenvalue weighted by atomic mass is 35.5. The Hall–Kier alpha value is -1.42. The van der Waals surface area contributed by atoms with Gasteiger partial charge in [0.25, 0.3) is 0 Å². The minimum atomic E-state index is -0.912. The lowest BCUT2D eigenvalue weighted by atomic mass is 10.0. The molecule has 3 nitrogen and oxygen atoms in total. The summed E-state index contributed by atoms with van der Waals surface area (Å²) in [6.07, 6.45) is -0.912. The van der Waals surface area contributed by atoms with Crippen LogP contribution in [0.2, 0.25) is 10.0 Å². The first kappa shape index (κ1) is 15.0. The molecule has 0 heterocycles. The van der Waals surface area contributed by atoms with Crippen molar-refractivity contribution in [2.24, 2.45) is 0 Å². The Bertz CT molecular complexity index is 592. The molecule has 0 bridgehead atoms. The van der Waals surface area contributed by atoms with Gasteiger partial charge in [-0.1, -0.05) is 35.3 Å². The third-order valence-corrected chi connectivity index (χ3v) is 3.80. The first-order valence-corrected chi connectivity index (χ1v) is 6.67. The molecule has 0 fully saturated rings. The van der Waals surface area contributed by atoms with Crippen molar-refractivity contribution in [2.45, 2.75) is 6.10 Å². The van der Waals surface area contributed by atoms with Crippen molar-refractivity contribution in [3.8, 4) is 11.5 Å². The molecule has 0 aliphatic heterocycles. The van der Waals surface area contributed by atoms with Gasteiger partial charge in [-0.05, 0) is 23.8 Å². The molecule has 0 amide bonds. The molecule has 0 spiro atoms. The number of hydrogen-bond acceptors (Lipinski definition) is 3. The van der Waals surface area contributed by atoms with Crippen LogP contribution in [0.4, 0.5) is 0 Å². The third kappa shape index (κ3) is 3.01. The van der Waals surface area contributed by atoms with E-state index in [4.69, 9.17) is 32.7 Å². The van der Waals surface area contributed by atoms with Crippen molar-refractivity contribution >= 4 is 23.2 Å². The maximum absolute atomic E-state index is 10.5. The molecule has 1 atom stereocenters. The molecule has 1 N–H and O–H groups in total. The molecule has 2 rings (SSSR count). The summed E-state index contributed by atoms with van der Waals surface area (Å²) in [5.74, 6) is 1.19. The van der Waals surface area contributed by atoms with Crippen molar-refractivity contribution in [3.05, 3.63) is 57.6 Å². The second kappa shape index (κ2) is 6.35. The normalized spacial score (nSPS) is 12.1. The molecule has 5 heteroatoms. The highest BCUT2D eigenvalue weighted by Crippen LogP contribution is 2.35. The van der Waals surface area contributed by atoms with E-state index in [1.165, 1.54) is 0 Å². The van der Waals surface area contributed by atoms with E-state index >= 15 is 0 Å². The minimum Gasteiger partial charge on any atom is -0.497 e. The number of rotatable bonds is 4. The van der Waals surface area contributed by atoms with Gasteiger partial charge >= 0.3 is 0 Å². The van der Waals surface area contributed by atoms with Crippen LogP contribution in [0.25, 0.3) is 0 Å². The van der Waals surface area contributed by atoms with Gasteiger partial charge < -0.3 is 14.6 Å². The van der Waals surface area contributed by atoms with E-state index in [1.807, 2.05) is 0 Å². The highest BCUT2D eigenvalue weighted by Gasteiger charge is 2.17. The van der Waals surface area contributed by atoms with Gasteiger partial charge in [0.2, 0.25) is 0 Å². The first-order chi connectivity index (χ1) is 9.56. The van der Waals surface area contributed by atoms with E-state index in [0.717, 1.165) is 0 Å². The van der Waals surface area contributed by atoms with Gasteiger partial charge in [-0.25, -0.2) is 0 Å². The van der Waals surface area contributed by atoms with Crippen molar-refractivity contribution in [1.29, 1.82) is 0 Å². The van der Waals surface area contributed by atoms with Gasteiger partial charge in [-0.3, -0.25) is 0 Å². The van der Waals surface area contributed by atoms with E-state index in [2.05, 4.69) is 0 Å². The van der Waals surface area contributed by atoms with Crippen LogP contribution in [0, 0.1) is 0 Å². The van der Waals surface area contributed by atoms with Crippen molar-refractivity contribution in [1.82, 2.24) is 0 Å². The predicted molar refractivity (Wildman–Crippen MR) is 80.1 cm³/mol. The van der Waals surface area contributed by atoms with Crippen molar-refractivity contribution in [2.75, 3.05) is 14.2 Å². The summed E-state index contributed by atoms with van der Waals surface area (Å²) in [6.45, 7) is 0. The predicted octanol–water partition coefficient (Wildman–Crippen LogP) is 4.09. The molecule has 0 aliphatic carbocycles. The maximum Gasteiger partial charge on any atom is 0.122 e. The molecular weight excluding hydrogens is 299 g/mol.